The van der Waals surface area contributed by atoms with E-state index < -0.39 is 27.9 Å². The largest absolute Gasteiger partial charge is 0.356 e. The summed E-state index contributed by atoms with van der Waals surface area (Å²) in [5.74, 6) is -4.34. The molecule has 0 aliphatic heterocycles. The van der Waals surface area contributed by atoms with Gasteiger partial charge in [0.1, 0.15) is 0 Å². The van der Waals surface area contributed by atoms with E-state index in [9.17, 15) is 22.0 Å². The van der Waals surface area contributed by atoms with Crippen LogP contribution in [-0.2, 0) is 14.6 Å². The van der Waals surface area contributed by atoms with Crippen LogP contribution in [0.1, 0.15) is 26.7 Å². The van der Waals surface area contributed by atoms with Crippen molar-refractivity contribution in [3.63, 3.8) is 0 Å². The third-order valence-electron chi connectivity index (χ3n) is 1.87. The van der Waals surface area contributed by atoms with Gasteiger partial charge in [-0.1, -0.05) is 0 Å². The highest BCUT2D eigenvalue weighted by Crippen LogP contribution is 2.17. The molecule has 1 amide bonds. The molecule has 7 heteroatoms. The van der Waals surface area contributed by atoms with Gasteiger partial charge in [0, 0.05) is 19.4 Å². The molecule has 0 spiro atoms. The Hall–Kier alpha value is -0.720. The summed E-state index contributed by atoms with van der Waals surface area (Å²) in [7, 11) is -3.57. The van der Waals surface area contributed by atoms with Crippen molar-refractivity contribution in [1.29, 1.82) is 0 Å². The van der Waals surface area contributed by atoms with Gasteiger partial charge in [0.2, 0.25) is 11.8 Å². The van der Waals surface area contributed by atoms with Crippen LogP contribution >= 0.6 is 0 Å². The van der Waals surface area contributed by atoms with Crippen molar-refractivity contribution in [2.75, 3.05) is 18.1 Å². The average molecular weight is 257 g/mol. The maximum atomic E-state index is 12.4. The Morgan fingerprint density at radius 3 is 2.31 bits per heavy atom. The molecule has 96 valence electrons. The predicted molar refractivity (Wildman–Crippen MR) is 57.2 cm³/mol. The molecule has 0 saturated carbocycles. The second-order valence-electron chi connectivity index (χ2n) is 3.68. The molecule has 1 N–H and O–H groups in total. The molecule has 0 radical (unpaired) electrons. The maximum absolute atomic E-state index is 12.4. The molecule has 0 unspecified atom stereocenters. The van der Waals surface area contributed by atoms with Gasteiger partial charge in [0.25, 0.3) is 0 Å². The fourth-order valence-corrected chi connectivity index (χ4v) is 2.34. The lowest BCUT2D eigenvalue weighted by Gasteiger charge is -2.10. The molecule has 0 aromatic carbocycles. The molecule has 0 aromatic heterocycles. The first-order chi connectivity index (χ1) is 7.16. The number of sulfone groups is 1. The zero-order chi connectivity index (χ0) is 12.8. The molecular formula is C9H17F2NO3S. The van der Waals surface area contributed by atoms with E-state index in [0.29, 0.717) is 13.5 Å². The van der Waals surface area contributed by atoms with Gasteiger partial charge in [0.05, 0.1) is 11.5 Å². The van der Waals surface area contributed by atoms with Gasteiger partial charge in [0.15, 0.2) is 9.84 Å². The van der Waals surface area contributed by atoms with Crippen LogP contribution in [0.15, 0.2) is 0 Å². The predicted octanol–water partition coefficient (Wildman–Crippen LogP) is 0.973. The van der Waals surface area contributed by atoms with E-state index >= 15 is 0 Å². The summed E-state index contributed by atoms with van der Waals surface area (Å²) in [6.07, 6.45) is -0.879. The molecule has 0 rings (SSSR count). The number of carbonyl (C=O) groups is 1. The highest BCUT2D eigenvalue weighted by Gasteiger charge is 2.25. The molecular weight excluding hydrogens is 240 g/mol. The van der Waals surface area contributed by atoms with Crippen LogP contribution < -0.4 is 5.32 Å². The topological polar surface area (TPSA) is 63.2 Å². The Balaban J connectivity index is 4.02. The minimum Gasteiger partial charge on any atom is -0.356 e. The molecule has 0 aliphatic carbocycles. The summed E-state index contributed by atoms with van der Waals surface area (Å²) >= 11 is 0. The Bertz CT molecular complexity index is 322. The van der Waals surface area contributed by atoms with Gasteiger partial charge < -0.3 is 5.32 Å². The molecule has 0 atom stereocenters. The molecule has 16 heavy (non-hydrogen) atoms. The summed E-state index contributed by atoms with van der Waals surface area (Å²) in [6, 6.07) is 0. The van der Waals surface area contributed by atoms with Crippen molar-refractivity contribution < 1.29 is 22.0 Å². The van der Waals surface area contributed by atoms with Crippen molar-refractivity contribution in [2.24, 2.45) is 0 Å². The van der Waals surface area contributed by atoms with Crippen molar-refractivity contribution in [3.05, 3.63) is 0 Å². The third kappa shape index (κ3) is 8.58. The number of hydrogen-bond acceptors (Lipinski definition) is 3. The lowest BCUT2D eigenvalue weighted by Crippen LogP contribution is -2.26. The number of rotatable bonds is 7. The van der Waals surface area contributed by atoms with Crippen LogP contribution in [-0.4, -0.2) is 38.3 Å². The molecule has 0 aliphatic rings. The zero-order valence-electron chi connectivity index (χ0n) is 9.42. The Labute approximate surface area is 94.3 Å². The average Bonchev–Trinajstić information content (AvgIpc) is 2.12. The van der Waals surface area contributed by atoms with E-state index in [1.807, 2.05) is 0 Å². The Morgan fingerprint density at radius 2 is 1.88 bits per heavy atom. The molecule has 0 heterocycles. The van der Waals surface area contributed by atoms with E-state index in [2.05, 4.69) is 5.32 Å². The molecule has 0 fully saturated rings. The fraction of sp³-hybridized carbons (Fsp3) is 0.889. The van der Waals surface area contributed by atoms with Gasteiger partial charge in [-0.15, -0.1) is 0 Å². The van der Waals surface area contributed by atoms with Crippen molar-refractivity contribution >= 4 is 15.7 Å². The van der Waals surface area contributed by atoms with Crippen LogP contribution in [0.3, 0.4) is 0 Å². The first kappa shape index (κ1) is 15.3. The van der Waals surface area contributed by atoms with Gasteiger partial charge in [-0.05, 0) is 13.8 Å². The number of amides is 1. The van der Waals surface area contributed by atoms with Crippen molar-refractivity contribution in [1.82, 2.24) is 5.32 Å². The summed E-state index contributed by atoms with van der Waals surface area (Å²) in [6.45, 7) is 2.81. The quantitative estimate of drug-likeness (QED) is 0.739. The first-order valence-corrected chi connectivity index (χ1v) is 6.83. The van der Waals surface area contributed by atoms with E-state index in [0.717, 1.165) is 0 Å². The van der Waals surface area contributed by atoms with Gasteiger partial charge >= 0.3 is 0 Å². The monoisotopic (exact) mass is 257 g/mol. The van der Waals surface area contributed by atoms with E-state index in [1.165, 1.54) is 0 Å². The Kier molecular flexibility index (Phi) is 5.85. The van der Waals surface area contributed by atoms with Gasteiger partial charge in [-0.25, -0.2) is 17.2 Å². The molecule has 0 bridgehead atoms. The number of hydrogen-bond donors (Lipinski definition) is 1. The number of halogens is 2. The summed E-state index contributed by atoms with van der Waals surface area (Å²) in [5, 5.41) is 2.44. The SMILES string of the molecule is CCNC(=O)CCS(=O)(=O)CCC(C)(F)F. The second kappa shape index (κ2) is 6.12. The number of carbonyl (C=O) groups excluding carboxylic acids is 1. The smallest absolute Gasteiger partial charge is 0.246 e. The lowest BCUT2D eigenvalue weighted by molar-refractivity contribution is -0.120. The van der Waals surface area contributed by atoms with Gasteiger partial charge in [-0.2, -0.15) is 0 Å². The summed E-state index contributed by atoms with van der Waals surface area (Å²) in [4.78, 5) is 11.0. The Morgan fingerprint density at radius 1 is 1.31 bits per heavy atom. The van der Waals surface area contributed by atoms with Crippen molar-refractivity contribution in [3.8, 4) is 0 Å². The highest BCUT2D eigenvalue weighted by molar-refractivity contribution is 7.91. The molecule has 0 saturated heterocycles. The standard InChI is InChI=1S/C9H17F2NO3S/c1-3-12-8(13)4-6-16(14,15)7-5-9(2,10)11/h3-7H2,1-2H3,(H,12,13). The highest BCUT2D eigenvalue weighted by atomic mass is 32.2. The van der Waals surface area contributed by atoms with Crippen LogP contribution in [0.5, 0.6) is 0 Å². The zero-order valence-corrected chi connectivity index (χ0v) is 10.2. The third-order valence-corrected chi connectivity index (χ3v) is 3.52. The number of nitrogens with one attached hydrogen (secondary N) is 1. The van der Waals surface area contributed by atoms with E-state index in [-0.39, 0.29) is 18.1 Å². The summed E-state index contributed by atoms with van der Waals surface area (Å²) in [5.41, 5.74) is 0. The normalized spacial score (nSPS) is 12.5. The minimum atomic E-state index is -3.57. The maximum Gasteiger partial charge on any atom is 0.246 e. The number of alkyl halides is 2. The summed E-state index contributed by atoms with van der Waals surface area (Å²) < 4.78 is 47.4. The molecule has 0 aromatic rings. The molecule has 4 nitrogen and oxygen atoms in total. The minimum absolute atomic E-state index is 0.175. The second-order valence-corrected chi connectivity index (χ2v) is 5.98. The van der Waals surface area contributed by atoms with Crippen LogP contribution in [0.2, 0.25) is 0 Å². The first-order valence-electron chi connectivity index (χ1n) is 5.01. The van der Waals surface area contributed by atoms with Crippen LogP contribution in [0.4, 0.5) is 8.78 Å². The van der Waals surface area contributed by atoms with Crippen LogP contribution in [0, 0.1) is 0 Å². The van der Waals surface area contributed by atoms with Crippen molar-refractivity contribution in [2.45, 2.75) is 32.6 Å². The van der Waals surface area contributed by atoms with E-state index in [1.54, 1.807) is 6.92 Å². The van der Waals surface area contributed by atoms with E-state index in [4.69, 9.17) is 0 Å². The fourth-order valence-electron chi connectivity index (χ4n) is 0.971. The lowest BCUT2D eigenvalue weighted by atomic mass is 10.3. The van der Waals surface area contributed by atoms with Gasteiger partial charge in [-0.3, -0.25) is 4.79 Å². The van der Waals surface area contributed by atoms with Crippen LogP contribution in [0.25, 0.3) is 0 Å².